The van der Waals surface area contributed by atoms with Crippen LogP contribution in [0.15, 0.2) is 29.8 Å². The topological polar surface area (TPSA) is 115 Å². The minimum atomic E-state index is -1.97. The maximum Gasteiger partial charge on any atom is 0.264 e. The zero-order valence-electron chi connectivity index (χ0n) is 20.7. The highest BCUT2D eigenvalue weighted by Gasteiger charge is 2.50. The van der Waals surface area contributed by atoms with E-state index in [1.807, 2.05) is 19.1 Å². The largest absolute Gasteiger partial charge is 0.388 e. The SMILES string of the molecule is CC(=O)N[C@H](C(=O)N1C[C@H](O)[C@H](F)[C@H]1C(=O)NN(C)c1ccc(-c2scnc2C)cc1)C(C)(C)C. The first-order chi connectivity index (χ1) is 16.3. The summed E-state index contributed by atoms with van der Waals surface area (Å²) >= 11 is 1.53. The Labute approximate surface area is 208 Å². The number of halogens is 1. The summed E-state index contributed by atoms with van der Waals surface area (Å²) in [5.74, 6) is -1.82. The molecule has 11 heteroatoms. The van der Waals surface area contributed by atoms with Gasteiger partial charge in [-0.1, -0.05) is 32.9 Å². The van der Waals surface area contributed by atoms with Crippen molar-refractivity contribution in [3.05, 3.63) is 35.5 Å². The number of nitrogens with zero attached hydrogens (tertiary/aromatic N) is 3. The van der Waals surface area contributed by atoms with E-state index >= 15 is 0 Å². The number of nitrogens with one attached hydrogen (secondary N) is 2. The van der Waals surface area contributed by atoms with Crippen LogP contribution in [0.5, 0.6) is 0 Å². The lowest BCUT2D eigenvalue weighted by Gasteiger charge is -2.35. The highest BCUT2D eigenvalue weighted by molar-refractivity contribution is 7.13. The molecule has 1 saturated heterocycles. The molecule has 0 aliphatic carbocycles. The van der Waals surface area contributed by atoms with E-state index in [0.29, 0.717) is 5.69 Å². The van der Waals surface area contributed by atoms with E-state index in [4.69, 9.17) is 0 Å². The fourth-order valence-corrected chi connectivity index (χ4v) is 4.85. The molecule has 0 saturated carbocycles. The molecule has 35 heavy (non-hydrogen) atoms. The van der Waals surface area contributed by atoms with E-state index in [-0.39, 0.29) is 6.54 Å². The van der Waals surface area contributed by atoms with E-state index in [9.17, 15) is 23.9 Å². The van der Waals surface area contributed by atoms with Gasteiger partial charge in [-0.15, -0.1) is 11.3 Å². The molecule has 0 radical (unpaired) electrons. The van der Waals surface area contributed by atoms with Crippen molar-refractivity contribution in [2.45, 2.75) is 59.0 Å². The van der Waals surface area contributed by atoms with Crippen LogP contribution in [0.1, 0.15) is 33.4 Å². The monoisotopic (exact) mass is 505 g/mol. The number of aryl methyl sites for hydroxylation is 1. The molecule has 1 aliphatic heterocycles. The Morgan fingerprint density at radius 3 is 2.40 bits per heavy atom. The van der Waals surface area contributed by atoms with Crippen LogP contribution in [0.25, 0.3) is 10.4 Å². The molecule has 4 atom stereocenters. The number of carbonyl (C=O) groups excluding carboxylic acids is 3. The van der Waals surface area contributed by atoms with E-state index in [1.54, 1.807) is 45.5 Å². The molecule has 0 spiro atoms. The van der Waals surface area contributed by atoms with Gasteiger partial charge in [0.25, 0.3) is 5.91 Å². The van der Waals surface area contributed by atoms with Crippen molar-refractivity contribution in [3.8, 4) is 10.4 Å². The number of hydrazine groups is 1. The van der Waals surface area contributed by atoms with Gasteiger partial charge in [0.2, 0.25) is 11.8 Å². The maximum atomic E-state index is 15.0. The van der Waals surface area contributed by atoms with Gasteiger partial charge in [-0.3, -0.25) is 24.8 Å². The number of anilines is 1. The molecule has 2 heterocycles. The highest BCUT2D eigenvalue weighted by atomic mass is 32.1. The Morgan fingerprint density at radius 1 is 1.26 bits per heavy atom. The number of hydrogen-bond donors (Lipinski definition) is 3. The lowest BCUT2D eigenvalue weighted by atomic mass is 9.85. The third kappa shape index (κ3) is 5.79. The molecule has 1 aromatic carbocycles. The van der Waals surface area contributed by atoms with Crippen LogP contribution in [0.2, 0.25) is 0 Å². The Morgan fingerprint density at radius 2 is 1.89 bits per heavy atom. The maximum absolute atomic E-state index is 15.0. The molecule has 9 nitrogen and oxygen atoms in total. The predicted octanol–water partition coefficient (Wildman–Crippen LogP) is 2.05. The number of aromatic nitrogens is 1. The molecular weight excluding hydrogens is 473 g/mol. The normalized spacial score (nSPS) is 20.9. The number of carbonyl (C=O) groups is 3. The zero-order chi connectivity index (χ0) is 26.1. The lowest BCUT2D eigenvalue weighted by molar-refractivity contribution is -0.144. The summed E-state index contributed by atoms with van der Waals surface area (Å²) < 4.78 is 15.0. The van der Waals surface area contributed by atoms with Gasteiger partial charge in [0.05, 0.1) is 28.3 Å². The number of alkyl halides is 1. The molecule has 3 amide bonds. The van der Waals surface area contributed by atoms with Crippen LogP contribution in [0.4, 0.5) is 10.1 Å². The minimum absolute atomic E-state index is 0.350. The molecule has 1 aromatic heterocycles. The van der Waals surface area contributed by atoms with Crippen LogP contribution in [0, 0.1) is 12.3 Å². The van der Waals surface area contributed by atoms with Crippen molar-refractivity contribution < 1.29 is 23.9 Å². The predicted molar refractivity (Wildman–Crippen MR) is 132 cm³/mol. The van der Waals surface area contributed by atoms with Crippen molar-refractivity contribution in [2.24, 2.45) is 5.41 Å². The fraction of sp³-hybridized carbons (Fsp3) is 0.500. The fourth-order valence-electron chi connectivity index (χ4n) is 4.04. The third-order valence-electron chi connectivity index (χ3n) is 5.94. The Bertz CT molecular complexity index is 1080. The van der Waals surface area contributed by atoms with Crippen LogP contribution < -0.4 is 15.8 Å². The number of benzene rings is 1. The van der Waals surface area contributed by atoms with Crippen molar-refractivity contribution in [3.63, 3.8) is 0 Å². The molecule has 190 valence electrons. The minimum Gasteiger partial charge on any atom is -0.388 e. The van der Waals surface area contributed by atoms with Crippen molar-refractivity contribution in [1.82, 2.24) is 20.6 Å². The first-order valence-corrected chi connectivity index (χ1v) is 12.1. The van der Waals surface area contributed by atoms with Crippen molar-refractivity contribution in [2.75, 3.05) is 18.6 Å². The van der Waals surface area contributed by atoms with Gasteiger partial charge in [-0.05, 0) is 30.0 Å². The molecule has 2 aromatic rings. The molecular formula is C24H32FN5O4S. The number of thiazole rings is 1. The van der Waals surface area contributed by atoms with Gasteiger partial charge in [0.1, 0.15) is 18.2 Å². The standard InChI is InChI=1S/C24H32FN5O4S/c1-13-20(35-12-26-13)15-7-9-16(10-8-15)29(6)28-22(33)19-18(25)17(32)11-30(19)23(34)21(24(3,4)5)27-14(2)31/h7-10,12,17-19,21,32H,11H2,1-6H3,(H,27,31)(H,28,33)/t17-,18-,19-,21+/m0/s1. The summed E-state index contributed by atoms with van der Waals surface area (Å²) in [7, 11) is 1.60. The molecule has 1 fully saturated rings. The number of amides is 3. The van der Waals surface area contributed by atoms with Crippen molar-refractivity contribution >= 4 is 34.7 Å². The number of likely N-dealkylation sites (tertiary alicyclic amines) is 1. The Hall–Kier alpha value is -3.05. The number of β-amino-alcohol motifs (C(OH)–C–C–N with tert-alkyl or cyclic N) is 1. The van der Waals surface area contributed by atoms with E-state index < -0.39 is 47.5 Å². The van der Waals surface area contributed by atoms with Gasteiger partial charge in [-0.2, -0.15) is 0 Å². The summed E-state index contributed by atoms with van der Waals surface area (Å²) in [5, 5.41) is 14.2. The molecule has 0 bridgehead atoms. The third-order valence-corrected chi connectivity index (χ3v) is 6.92. The first kappa shape index (κ1) is 26.6. The summed E-state index contributed by atoms with van der Waals surface area (Å²) in [6, 6.07) is 4.87. The second-order valence-corrected chi connectivity index (χ2v) is 10.7. The Balaban J connectivity index is 1.77. The highest BCUT2D eigenvalue weighted by Crippen LogP contribution is 2.30. The van der Waals surface area contributed by atoms with Crippen LogP contribution in [-0.4, -0.2) is 70.7 Å². The smallest absolute Gasteiger partial charge is 0.264 e. The van der Waals surface area contributed by atoms with E-state index in [2.05, 4.69) is 15.7 Å². The summed E-state index contributed by atoms with van der Waals surface area (Å²) in [5.41, 5.74) is 6.24. The zero-order valence-corrected chi connectivity index (χ0v) is 21.5. The van der Waals surface area contributed by atoms with Crippen LogP contribution >= 0.6 is 11.3 Å². The molecule has 0 unspecified atom stereocenters. The number of rotatable bonds is 6. The average molecular weight is 506 g/mol. The van der Waals surface area contributed by atoms with Gasteiger partial charge >= 0.3 is 0 Å². The Kier molecular flexibility index (Phi) is 7.80. The molecule has 1 aliphatic rings. The quantitative estimate of drug-likeness (QED) is 0.518. The summed E-state index contributed by atoms with van der Waals surface area (Å²) in [6.07, 6.45) is -3.48. The summed E-state index contributed by atoms with van der Waals surface area (Å²) in [6.45, 7) is 8.13. The van der Waals surface area contributed by atoms with Gasteiger partial charge < -0.3 is 15.3 Å². The molecule has 3 rings (SSSR count). The van der Waals surface area contributed by atoms with Gasteiger partial charge in [0, 0.05) is 14.0 Å². The van der Waals surface area contributed by atoms with Gasteiger partial charge in [-0.25, -0.2) is 9.37 Å². The lowest BCUT2D eigenvalue weighted by Crippen LogP contribution is -2.59. The first-order valence-electron chi connectivity index (χ1n) is 11.3. The summed E-state index contributed by atoms with van der Waals surface area (Å²) in [4.78, 5) is 44.4. The second kappa shape index (κ2) is 10.3. The second-order valence-electron chi connectivity index (χ2n) is 9.80. The van der Waals surface area contributed by atoms with Crippen LogP contribution in [-0.2, 0) is 14.4 Å². The van der Waals surface area contributed by atoms with E-state index in [0.717, 1.165) is 21.0 Å². The van der Waals surface area contributed by atoms with Gasteiger partial charge in [0.15, 0.2) is 6.17 Å². The average Bonchev–Trinajstić information content (AvgIpc) is 3.33. The van der Waals surface area contributed by atoms with E-state index in [1.165, 1.54) is 23.3 Å². The number of hydrogen-bond acceptors (Lipinski definition) is 7. The number of aliphatic hydroxyl groups is 1. The van der Waals surface area contributed by atoms with Crippen molar-refractivity contribution in [1.29, 1.82) is 0 Å². The molecule has 3 N–H and O–H groups in total. The van der Waals surface area contributed by atoms with Crippen LogP contribution in [0.3, 0.4) is 0 Å². The number of aliphatic hydroxyl groups excluding tert-OH is 1.